The van der Waals surface area contributed by atoms with Gasteiger partial charge in [-0.2, -0.15) is 0 Å². The smallest absolute Gasteiger partial charge is 0.259 e. The molecule has 34 heavy (non-hydrogen) atoms. The van der Waals surface area contributed by atoms with Gasteiger partial charge in [0.1, 0.15) is 5.76 Å². The second-order valence-electron chi connectivity index (χ2n) is 10.8. The zero-order chi connectivity index (χ0) is 23.9. The van der Waals surface area contributed by atoms with Crippen LogP contribution in [0.5, 0.6) is 0 Å². The zero-order valence-corrected chi connectivity index (χ0v) is 20.1. The van der Waals surface area contributed by atoms with E-state index in [1.54, 1.807) is 12.3 Å². The van der Waals surface area contributed by atoms with Crippen molar-refractivity contribution in [1.29, 1.82) is 0 Å². The zero-order valence-electron chi connectivity index (χ0n) is 20.1. The lowest BCUT2D eigenvalue weighted by Gasteiger charge is -2.31. The highest BCUT2D eigenvalue weighted by Gasteiger charge is 2.33. The molecule has 1 aliphatic carbocycles. The van der Waals surface area contributed by atoms with Crippen molar-refractivity contribution in [3.8, 4) is 0 Å². The molecule has 1 aliphatic heterocycles. The lowest BCUT2D eigenvalue weighted by molar-refractivity contribution is -0.126. The Morgan fingerprint density at radius 3 is 2.59 bits per heavy atom. The van der Waals surface area contributed by atoms with Gasteiger partial charge in [-0.05, 0) is 55.7 Å². The Bertz CT molecular complexity index is 1180. The molecule has 3 aromatic heterocycles. The molecule has 3 aromatic rings. The molecule has 8 heteroatoms. The number of likely N-dealkylation sites (tertiary alicyclic amines) is 1. The van der Waals surface area contributed by atoms with Gasteiger partial charge in [0.15, 0.2) is 0 Å². The van der Waals surface area contributed by atoms with E-state index in [2.05, 4.69) is 31.2 Å². The summed E-state index contributed by atoms with van der Waals surface area (Å²) < 4.78 is 10.9. The molecule has 0 spiro atoms. The molecule has 1 N–H and O–H groups in total. The van der Waals surface area contributed by atoms with Crippen molar-refractivity contribution in [2.24, 2.45) is 11.3 Å². The number of aromatic nitrogens is 2. The number of fused-ring (bicyclic) bond motifs is 1. The van der Waals surface area contributed by atoms with Crippen molar-refractivity contribution >= 4 is 22.9 Å². The van der Waals surface area contributed by atoms with Crippen molar-refractivity contribution < 1.29 is 18.5 Å². The molecule has 8 nitrogen and oxygen atoms in total. The fraction of sp³-hybridized carbons (Fsp3) is 0.538. The van der Waals surface area contributed by atoms with Crippen LogP contribution in [-0.4, -0.2) is 39.9 Å². The molecule has 2 fully saturated rings. The number of furan rings is 1. The maximum Gasteiger partial charge on any atom is 0.259 e. The highest BCUT2D eigenvalue weighted by molar-refractivity contribution is 6.06. The minimum absolute atomic E-state index is 0.000633. The van der Waals surface area contributed by atoms with Crippen molar-refractivity contribution in [3.05, 3.63) is 47.2 Å². The average Bonchev–Trinajstić information content (AvgIpc) is 3.39. The number of pyridine rings is 1. The Kier molecular flexibility index (Phi) is 5.91. The van der Waals surface area contributed by atoms with E-state index in [1.807, 2.05) is 17.0 Å². The van der Waals surface area contributed by atoms with Crippen LogP contribution in [0.15, 0.2) is 33.4 Å². The SMILES string of the molecule is CC(C)(C)Cc1noc2nc(C3CC3)cc(C(=O)N3CCC(C(=O)NCc4ccco4)CC3)c12. The molecule has 0 unspecified atom stereocenters. The molecule has 4 heterocycles. The van der Waals surface area contributed by atoms with E-state index in [0.29, 0.717) is 56.1 Å². The molecular weight excluding hydrogens is 432 g/mol. The minimum atomic E-state index is -0.106. The van der Waals surface area contributed by atoms with Crippen LogP contribution < -0.4 is 5.32 Å². The summed E-state index contributed by atoms with van der Waals surface area (Å²) in [6, 6.07) is 5.60. The number of rotatable bonds is 6. The van der Waals surface area contributed by atoms with E-state index < -0.39 is 0 Å². The summed E-state index contributed by atoms with van der Waals surface area (Å²) in [7, 11) is 0. The maximum absolute atomic E-state index is 13.7. The van der Waals surface area contributed by atoms with Crippen LogP contribution in [0.1, 0.15) is 79.9 Å². The first-order valence-electron chi connectivity index (χ1n) is 12.2. The molecule has 180 valence electrons. The number of hydrogen-bond acceptors (Lipinski definition) is 6. The van der Waals surface area contributed by atoms with E-state index in [1.165, 1.54) is 0 Å². The van der Waals surface area contributed by atoms with E-state index in [9.17, 15) is 9.59 Å². The number of nitrogens with one attached hydrogen (secondary N) is 1. The van der Waals surface area contributed by atoms with Gasteiger partial charge in [-0.25, -0.2) is 4.98 Å². The summed E-state index contributed by atoms with van der Waals surface area (Å²) in [5.41, 5.74) is 2.79. The quantitative estimate of drug-likeness (QED) is 0.578. The van der Waals surface area contributed by atoms with Crippen LogP contribution in [0.3, 0.4) is 0 Å². The molecule has 5 rings (SSSR count). The number of nitrogens with zero attached hydrogens (tertiary/aromatic N) is 3. The predicted molar refractivity (Wildman–Crippen MR) is 126 cm³/mol. The third-order valence-electron chi connectivity index (χ3n) is 6.63. The molecule has 2 amide bonds. The molecule has 0 radical (unpaired) electrons. The van der Waals surface area contributed by atoms with Crippen LogP contribution in [0.4, 0.5) is 0 Å². The van der Waals surface area contributed by atoms with Gasteiger partial charge in [-0.15, -0.1) is 0 Å². The van der Waals surface area contributed by atoms with Gasteiger partial charge in [0.25, 0.3) is 11.6 Å². The first kappa shape index (κ1) is 22.6. The first-order chi connectivity index (χ1) is 16.3. The Balaban J connectivity index is 1.32. The summed E-state index contributed by atoms with van der Waals surface area (Å²) in [6.07, 6.45) is 5.75. The van der Waals surface area contributed by atoms with Crippen molar-refractivity contribution in [1.82, 2.24) is 20.4 Å². The monoisotopic (exact) mass is 464 g/mol. The summed E-state index contributed by atoms with van der Waals surface area (Å²) >= 11 is 0. The second kappa shape index (κ2) is 8.89. The molecule has 2 aliphatic rings. The van der Waals surface area contributed by atoms with Crippen LogP contribution in [-0.2, 0) is 17.8 Å². The highest BCUT2D eigenvalue weighted by Crippen LogP contribution is 2.41. The van der Waals surface area contributed by atoms with Crippen molar-refractivity contribution in [2.45, 2.75) is 65.3 Å². The van der Waals surface area contributed by atoms with E-state index >= 15 is 0 Å². The van der Waals surface area contributed by atoms with E-state index in [4.69, 9.17) is 13.9 Å². The molecular formula is C26H32N4O4. The van der Waals surface area contributed by atoms with Crippen LogP contribution in [0.25, 0.3) is 11.1 Å². The fourth-order valence-corrected chi connectivity index (χ4v) is 4.66. The van der Waals surface area contributed by atoms with Gasteiger partial charge >= 0.3 is 0 Å². The number of amides is 2. The average molecular weight is 465 g/mol. The standard InChI is InChI=1S/C26H32N4O4/c1-26(2,3)14-21-22-19(13-20(16-6-7-16)28-24(22)34-29-21)25(32)30-10-8-17(9-11-30)23(31)27-15-18-5-4-12-33-18/h4-5,12-13,16-17H,6-11,14-15H2,1-3H3,(H,27,31). The third kappa shape index (κ3) is 4.86. The molecule has 1 saturated heterocycles. The number of hydrogen-bond donors (Lipinski definition) is 1. The normalized spacial score (nSPS) is 17.3. The van der Waals surface area contributed by atoms with Crippen LogP contribution in [0.2, 0.25) is 0 Å². The van der Waals surface area contributed by atoms with Crippen molar-refractivity contribution in [3.63, 3.8) is 0 Å². The number of piperidine rings is 1. The van der Waals surface area contributed by atoms with Crippen LogP contribution in [0, 0.1) is 11.3 Å². The van der Waals surface area contributed by atoms with Gasteiger partial charge < -0.3 is 19.2 Å². The van der Waals surface area contributed by atoms with Crippen molar-refractivity contribution in [2.75, 3.05) is 13.1 Å². The van der Waals surface area contributed by atoms with E-state index in [-0.39, 0.29) is 23.1 Å². The summed E-state index contributed by atoms with van der Waals surface area (Å²) in [6.45, 7) is 7.89. The van der Waals surface area contributed by atoms with Gasteiger partial charge in [0, 0.05) is 30.6 Å². The van der Waals surface area contributed by atoms with E-state index in [0.717, 1.165) is 35.4 Å². The number of carbonyl (C=O) groups is 2. The summed E-state index contributed by atoms with van der Waals surface area (Å²) in [4.78, 5) is 32.8. The second-order valence-corrected chi connectivity index (χ2v) is 10.8. The lowest BCUT2D eigenvalue weighted by atomic mass is 9.89. The largest absolute Gasteiger partial charge is 0.467 e. The topological polar surface area (TPSA) is 101 Å². The Hall–Kier alpha value is -3.16. The van der Waals surface area contributed by atoms with Gasteiger partial charge in [0.2, 0.25) is 5.91 Å². The predicted octanol–water partition coefficient (Wildman–Crippen LogP) is 4.45. The maximum atomic E-state index is 13.7. The Labute approximate surface area is 199 Å². The molecule has 0 aromatic carbocycles. The van der Waals surface area contributed by atoms with Gasteiger partial charge in [-0.1, -0.05) is 25.9 Å². The molecule has 0 bridgehead atoms. The third-order valence-corrected chi connectivity index (χ3v) is 6.63. The molecule has 0 atom stereocenters. The molecule has 1 saturated carbocycles. The Morgan fingerprint density at radius 2 is 1.94 bits per heavy atom. The van der Waals surface area contributed by atoms with Gasteiger partial charge in [0.05, 0.1) is 29.5 Å². The first-order valence-corrected chi connectivity index (χ1v) is 12.2. The summed E-state index contributed by atoms with van der Waals surface area (Å²) in [5, 5.41) is 7.98. The number of carbonyl (C=O) groups excluding carboxylic acids is 2. The lowest BCUT2D eigenvalue weighted by Crippen LogP contribution is -2.43. The fourth-order valence-electron chi connectivity index (χ4n) is 4.66. The minimum Gasteiger partial charge on any atom is -0.467 e. The van der Waals surface area contributed by atoms with Crippen LogP contribution >= 0.6 is 0 Å². The highest BCUT2D eigenvalue weighted by atomic mass is 16.5. The van der Waals surface area contributed by atoms with Gasteiger partial charge in [-0.3, -0.25) is 9.59 Å². The Morgan fingerprint density at radius 1 is 1.18 bits per heavy atom. The summed E-state index contributed by atoms with van der Waals surface area (Å²) in [5.74, 6) is 1.01.